The number of aromatic amines is 1. The molecule has 3 aromatic rings. The molecule has 0 saturated carbocycles. The van der Waals surface area contributed by atoms with Crippen LogP contribution in [0.15, 0.2) is 42.7 Å². The van der Waals surface area contributed by atoms with Crippen LogP contribution < -0.4 is 0 Å². The predicted octanol–water partition coefficient (Wildman–Crippen LogP) is 2.87. The third kappa shape index (κ3) is 2.60. The maximum Gasteiger partial charge on any atom is 0.243 e. The van der Waals surface area contributed by atoms with Gasteiger partial charge >= 0.3 is 0 Å². The van der Waals surface area contributed by atoms with E-state index in [2.05, 4.69) is 9.97 Å². The van der Waals surface area contributed by atoms with E-state index in [4.69, 9.17) is 0 Å². The molecule has 6 heteroatoms. The number of hydrogen-bond acceptors (Lipinski definition) is 2. The first-order chi connectivity index (χ1) is 11.2. The van der Waals surface area contributed by atoms with Gasteiger partial charge < -0.3 is 14.5 Å². The molecule has 1 atom stereocenters. The van der Waals surface area contributed by atoms with Crippen LogP contribution in [-0.4, -0.2) is 31.9 Å². The van der Waals surface area contributed by atoms with E-state index in [1.165, 1.54) is 12.1 Å². The number of H-pyrrole nitrogens is 1. The fourth-order valence-corrected chi connectivity index (χ4v) is 3.23. The zero-order chi connectivity index (χ0) is 15.8. The van der Waals surface area contributed by atoms with E-state index in [0.717, 1.165) is 30.7 Å². The van der Waals surface area contributed by atoms with Crippen LogP contribution in [0.4, 0.5) is 4.39 Å². The number of carbonyl (C=O) groups is 1. The summed E-state index contributed by atoms with van der Waals surface area (Å²) in [7, 11) is 0. The molecule has 1 fully saturated rings. The lowest BCUT2D eigenvalue weighted by molar-refractivity contribution is -0.132. The molecule has 118 valence electrons. The number of nitrogens with zero attached hydrogens (tertiary/aromatic N) is 3. The first kappa shape index (κ1) is 14.0. The van der Waals surface area contributed by atoms with Crippen LogP contribution in [0, 0.1) is 5.82 Å². The van der Waals surface area contributed by atoms with Crippen LogP contribution in [0.2, 0.25) is 0 Å². The molecule has 1 saturated heterocycles. The van der Waals surface area contributed by atoms with Crippen molar-refractivity contribution in [3.63, 3.8) is 0 Å². The SMILES string of the molecule is O=C(Cn1cccc1)N1CCCC1c1nc2ccc(F)cc2[nH]1. The van der Waals surface area contributed by atoms with E-state index < -0.39 is 0 Å². The first-order valence-corrected chi connectivity index (χ1v) is 7.76. The van der Waals surface area contributed by atoms with E-state index in [9.17, 15) is 9.18 Å². The van der Waals surface area contributed by atoms with Crippen LogP contribution in [-0.2, 0) is 11.3 Å². The molecule has 23 heavy (non-hydrogen) atoms. The highest BCUT2D eigenvalue weighted by atomic mass is 19.1. The van der Waals surface area contributed by atoms with Crippen molar-refractivity contribution in [1.29, 1.82) is 0 Å². The second kappa shape index (κ2) is 5.53. The molecule has 1 aromatic carbocycles. The minimum atomic E-state index is -0.292. The second-order valence-electron chi connectivity index (χ2n) is 5.88. The number of imidazole rings is 1. The number of carbonyl (C=O) groups excluding carboxylic acids is 1. The molecule has 3 heterocycles. The topological polar surface area (TPSA) is 53.9 Å². The van der Waals surface area contributed by atoms with E-state index in [1.807, 2.05) is 34.0 Å². The molecule has 0 aliphatic carbocycles. The molecule has 4 rings (SSSR count). The van der Waals surface area contributed by atoms with Gasteiger partial charge in [0.2, 0.25) is 5.91 Å². The van der Waals surface area contributed by atoms with E-state index in [-0.39, 0.29) is 17.8 Å². The van der Waals surface area contributed by atoms with Crippen LogP contribution in [0.25, 0.3) is 11.0 Å². The number of amides is 1. The van der Waals surface area contributed by atoms with Crippen molar-refractivity contribution in [2.45, 2.75) is 25.4 Å². The Hall–Kier alpha value is -2.63. The van der Waals surface area contributed by atoms with Crippen molar-refractivity contribution in [2.75, 3.05) is 6.54 Å². The summed E-state index contributed by atoms with van der Waals surface area (Å²) < 4.78 is 15.2. The van der Waals surface area contributed by atoms with Crippen LogP contribution in [0.3, 0.4) is 0 Å². The second-order valence-corrected chi connectivity index (χ2v) is 5.88. The van der Waals surface area contributed by atoms with Gasteiger partial charge in [0, 0.05) is 18.9 Å². The minimum Gasteiger partial charge on any atom is -0.345 e. The van der Waals surface area contributed by atoms with Crippen molar-refractivity contribution >= 4 is 16.9 Å². The number of rotatable bonds is 3. The number of hydrogen-bond donors (Lipinski definition) is 1. The molecule has 1 unspecified atom stereocenters. The monoisotopic (exact) mass is 312 g/mol. The normalized spacial score (nSPS) is 18.0. The Morgan fingerprint density at radius 1 is 1.35 bits per heavy atom. The minimum absolute atomic E-state index is 0.0616. The Balaban J connectivity index is 1.59. The fourth-order valence-electron chi connectivity index (χ4n) is 3.23. The summed E-state index contributed by atoms with van der Waals surface area (Å²) >= 11 is 0. The molecular weight excluding hydrogens is 295 g/mol. The number of nitrogens with one attached hydrogen (secondary N) is 1. The number of halogens is 1. The number of aromatic nitrogens is 3. The Kier molecular flexibility index (Phi) is 3.37. The number of likely N-dealkylation sites (tertiary alicyclic amines) is 1. The molecule has 0 radical (unpaired) electrons. The fraction of sp³-hybridized carbons (Fsp3) is 0.294. The average molecular weight is 312 g/mol. The van der Waals surface area contributed by atoms with Gasteiger partial charge in [-0.3, -0.25) is 4.79 Å². The van der Waals surface area contributed by atoms with E-state index >= 15 is 0 Å². The van der Waals surface area contributed by atoms with Crippen molar-refractivity contribution in [2.24, 2.45) is 0 Å². The number of benzene rings is 1. The van der Waals surface area contributed by atoms with Crippen LogP contribution in [0.1, 0.15) is 24.7 Å². The molecule has 1 aliphatic rings. The zero-order valence-electron chi connectivity index (χ0n) is 12.6. The highest BCUT2D eigenvalue weighted by Gasteiger charge is 2.32. The highest BCUT2D eigenvalue weighted by molar-refractivity contribution is 5.78. The van der Waals surface area contributed by atoms with Gasteiger partial charge in [-0.2, -0.15) is 0 Å². The summed E-state index contributed by atoms with van der Waals surface area (Å²) in [5, 5.41) is 0. The van der Waals surface area contributed by atoms with Crippen molar-refractivity contribution in [1.82, 2.24) is 19.4 Å². The van der Waals surface area contributed by atoms with E-state index in [0.29, 0.717) is 12.1 Å². The molecule has 2 aromatic heterocycles. The van der Waals surface area contributed by atoms with Gasteiger partial charge in [-0.1, -0.05) is 0 Å². The third-order valence-electron chi connectivity index (χ3n) is 4.34. The first-order valence-electron chi connectivity index (χ1n) is 7.76. The Morgan fingerprint density at radius 2 is 2.17 bits per heavy atom. The highest BCUT2D eigenvalue weighted by Crippen LogP contribution is 2.31. The summed E-state index contributed by atoms with van der Waals surface area (Å²) in [4.78, 5) is 22.2. The maximum absolute atomic E-state index is 13.3. The number of fused-ring (bicyclic) bond motifs is 1. The molecule has 1 aliphatic heterocycles. The largest absolute Gasteiger partial charge is 0.345 e. The van der Waals surface area contributed by atoms with E-state index in [1.54, 1.807) is 6.07 Å². The standard InChI is InChI=1S/C17H17FN4O/c18-12-5-6-13-14(10-12)20-17(19-13)15-4-3-9-22(15)16(23)11-21-7-1-2-8-21/h1-2,5-8,10,15H,3-4,9,11H2,(H,19,20). The van der Waals surface area contributed by atoms with Crippen molar-refractivity contribution in [3.8, 4) is 0 Å². The van der Waals surface area contributed by atoms with Gasteiger partial charge in [-0.25, -0.2) is 9.37 Å². The zero-order valence-corrected chi connectivity index (χ0v) is 12.6. The Morgan fingerprint density at radius 3 is 3.00 bits per heavy atom. The van der Waals surface area contributed by atoms with Gasteiger partial charge in [0.1, 0.15) is 18.2 Å². The molecule has 1 N–H and O–H groups in total. The summed E-state index contributed by atoms with van der Waals surface area (Å²) in [5.41, 5.74) is 1.40. The lowest BCUT2D eigenvalue weighted by atomic mass is 10.2. The summed E-state index contributed by atoms with van der Waals surface area (Å²) in [5.74, 6) is 0.527. The third-order valence-corrected chi connectivity index (χ3v) is 4.34. The van der Waals surface area contributed by atoms with Crippen molar-refractivity contribution < 1.29 is 9.18 Å². The van der Waals surface area contributed by atoms with Gasteiger partial charge in [0.05, 0.1) is 17.1 Å². The Bertz CT molecular complexity index is 840. The molecule has 5 nitrogen and oxygen atoms in total. The smallest absolute Gasteiger partial charge is 0.243 e. The Labute approximate surface area is 132 Å². The van der Waals surface area contributed by atoms with Gasteiger partial charge in [-0.15, -0.1) is 0 Å². The van der Waals surface area contributed by atoms with Crippen molar-refractivity contribution in [3.05, 3.63) is 54.4 Å². The molecule has 1 amide bonds. The average Bonchev–Trinajstić information content (AvgIpc) is 3.26. The lowest BCUT2D eigenvalue weighted by Gasteiger charge is -2.23. The molecule has 0 spiro atoms. The molecule has 0 bridgehead atoms. The van der Waals surface area contributed by atoms with Gasteiger partial charge in [-0.05, 0) is 43.2 Å². The molecular formula is C17H17FN4O. The lowest BCUT2D eigenvalue weighted by Crippen LogP contribution is -2.33. The summed E-state index contributed by atoms with van der Waals surface area (Å²) in [6, 6.07) is 8.24. The van der Waals surface area contributed by atoms with Gasteiger partial charge in [0.15, 0.2) is 0 Å². The van der Waals surface area contributed by atoms with Gasteiger partial charge in [0.25, 0.3) is 0 Å². The maximum atomic E-state index is 13.3. The summed E-state index contributed by atoms with van der Waals surface area (Å²) in [6.07, 6.45) is 5.59. The quantitative estimate of drug-likeness (QED) is 0.808. The van der Waals surface area contributed by atoms with Crippen LogP contribution >= 0.6 is 0 Å². The summed E-state index contributed by atoms with van der Waals surface area (Å²) in [6.45, 7) is 1.06. The van der Waals surface area contributed by atoms with Crippen LogP contribution in [0.5, 0.6) is 0 Å². The predicted molar refractivity (Wildman–Crippen MR) is 84.2 cm³/mol.